The van der Waals surface area contributed by atoms with Gasteiger partial charge in [-0.1, -0.05) is 28.1 Å². The van der Waals surface area contributed by atoms with E-state index in [0.29, 0.717) is 19.4 Å². The maximum atomic E-state index is 12.9. The van der Waals surface area contributed by atoms with Crippen LogP contribution < -0.4 is 5.73 Å². The summed E-state index contributed by atoms with van der Waals surface area (Å²) >= 11 is 3.45. The number of halogens is 1. The molecule has 8 heteroatoms. The lowest BCUT2D eigenvalue weighted by molar-refractivity contribution is -0.148. The molecule has 2 saturated heterocycles. The first kappa shape index (κ1) is 21.8. The fraction of sp³-hybridized carbons (Fsp3) is 0.571. The number of benzene rings is 1. The van der Waals surface area contributed by atoms with E-state index in [-0.39, 0.29) is 30.6 Å². The van der Waals surface area contributed by atoms with Gasteiger partial charge in [0.05, 0.1) is 6.04 Å². The molecule has 0 saturated carbocycles. The van der Waals surface area contributed by atoms with Crippen molar-refractivity contribution in [1.82, 2.24) is 9.80 Å². The highest BCUT2D eigenvalue weighted by Gasteiger charge is 2.41. The number of amides is 2. The molecule has 2 aliphatic rings. The van der Waals surface area contributed by atoms with Crippen LogP contribution in [0.4, 0.5) is 0 Å². The van der Waals surface area contributed by atoms with E-state index >= 15 is 0 Å². The highest BCUT2D eigenvalue weighted by Crippen LogP contribution is 2.28. The van der Waals surface area contributed by atoms with E-state index in [9.17, 15) is 19.5 Å². The van der Waals surface area contributed by atoms with Crippen LogP contribution in [0.2, 0.25) is 0 Å². The van der Waals surface area contributed by atoms with Gasteiger partial charge in [-0.25, -0.2) is 4.79 Å². The van der Waals surface area contributed by atoms with Crippen molar-refractivity contribution in [2.24, 2.45) is 11.7 Å². The number of carboxylic acid groups (broad SMARTS) is 1. The lowest BCUT2D eigenvalue weighted by Gasteiger charge is -2.25. The molecule has 2 fully saturated rings. The van der Waals surface area contributed by atoms with Crippen molar-refractivity contribution >= 4 is 33.7 Å². The zero-order valence-corrected chi connectivity index (χ0v) is 18.0. The van der Waals surface area contributed by atoms with Crippen LogP contribution in [0.25, 0.3) is 0 Å². The Morgan fingerprint density at radius 1 is 1.24 bits per heavy atom. The van der Waals surface area contributed by atoms with Crippen LogP contribution in [-0.4, -0.2) is 64.4 Å². The quantitative estimate of drug-likeness (QED) is 0.640. The summed E-state index contributed by atoms with van der Waals surface area (Å²) in [7, 11) is 0. The summed E-state index contributed by atoms with van der Waals surface area (Å²) in [5.74, 6) is -1.29. The molecule has 158 valence electrons. The Hall–Kier alpha value is -1.93. The van der Waals surface area contributed by atoms with E-state index in [1.807, 2.05) is 24.3 Å². The van der Waals surface area contributed by atoms with E-state index in [4.69, 9.17) is 5.73 Å². The Morgan fingerprint density at radius 3 is 2.62 bits per heavy atom. The minimum Gasteiger partial charge on any atom is -0.480 e. The maximum Gasteiger partial charge on any atom is 0.326 e. The van der Waals surface area contributed by atoms with E-state index in [1.54, 1.807) is 4.90 Å². The third-order valence-electron chi connectivity index (χ3n) is 5.81. The Morgan fingerprint density at radius 2 is 1.97 bits per heavy atom. The topological polar surface area (TPSA) is 104 Å². The summed E-state index contributed by atoms with van der Waals surface area (Å²) in [5.41, 5.74) is 7.16. The number of hydrogen-bond acceptors (Lipinski definition) is 4. The molecule has 1 aromatic carbocycles. The Kier molecular flexibility index (Phi) is 7.29. The molecule has 3 rings (SSSR count). The average Bonchev–Trinajstić information content (AvgIpc) is 3.35. The number of carbonyl (C=O) groups is 3. The first-order valence-corrected chi connectivity index (χ1v) is 11.0. The average molecular weight is 466 g/mol. The van der Waals surface area contributed by atoms with Crippen LogP contribution in [0.1, 0.15) is 37.7 Å². The van der Waals surface area contributed by atoms with Crippen molar-refractivity contribution in [2.75, 3.05) is 19.6 Å². The molecule has 0 bridgehead atoms. The first-order valence-electron chi connectivity index (χ1n) is 10.2. The van der Waals surface area contributed by atoms with Crippen molar-refractivity contribution in [3.63, 3.8) is 0 Å². The third-order valence-corrected chi connectivity index (χ3v) is 6.31. The monoisotopic (exact) mass is 465 g/mol. The second kappa shape index (κ2) is 9.71. The number of nitrogens with two attached hydrogens (primary N) is 1. The van der Waals surface area contributed by atoms with Crippen molar-refractivity contribution in [1.29, 1.82) is 0 Å². The number of nitrogens with zero attached hydrogens (tertiary/aromatic N) is 2. The second-order valence-electron chi connectivity index (χ2n) is 8.01. The molecule has 0 spiro atoms. The van der Waals surface area contributed by atoms with Crippen molar-refractivity contribution in [2.45, 2.75) is 50.6 Å². The fourth-order valence-electron chi connectivity index (χ4n) is 4.29. The van der Waals surface area contributed by atoms with E-state index < -0.39 is 18.1 Å². The van der Waals surface area contributed by atoms with Gasteiger partial charge in [-0.3, -0.25) is 9.59 Å². The summed E-state index contributed by atoms with van der Waals surface area (Å²) in [6.45, 7) is 1.91. The van der Waals surface area contributed by atoms with E-state index in [1.165, 1.54) is 4.90 Å². The molecule has 1 aromatic rings. The number of hydrogen-bond donors (Lipinski definition) is 2. The Labute approximate surface area is 179 Å². The van der Waals surface area contributed by atoms with Gasteiger partial charge in [0, 0.05) is 30.5 Å². The first-order chi connectivity index (χ1) is 13.8. The third kappa shape index (κ3) is 5.57. The van der Waals surface area contributed by atoms with Gasteiger partial charge >= 0.3 is 5.97 Å². The van der Waals surface area contributed by atoms with Crippen LogP contribution in [-0.2, 0) is 20.8 Å². The van der Waals surface area contributed by atoms with Crippen LogP contribution in [0.3, 0.4) is 0 Å². The van der Waals surface area contributed by atoms with Gasteiger partial charge in [0.1, 0.15) is 6.04 Å². The van der Waals surface area contributed by atoms with Crippen molar-refractivity contribution in [3.8, 4) is 0 Å². The summed E-state index contributed by atoms with van der Waals surface area (Å²) in [6, 6.07) is 6.18. The number of rotatable bonds is 7. The molecule has 3 atom stereocenters. The highest BCUT2D eigenvalue weighted by molar-refractivity contribution is 9.10. The minimum atomic E-state index is -1.00. The lowest BCUT2D eigenvalue weighted by atomic mass is 9.97. The van der Waals surface area contributed by atoms with E-state index in [2.05, 4.69) is 15.9 Å². The molecule has 1 unspecified atom stereocenters. The number of carbonyl (C=O) groups excluding carboxylic acids is 2. The second-order valence-corrected chi connectivity index (χ2v) is 8.93. The Bertz CT molecular complexity index is 766. The summed E-state index contributed by atoms with van der Waals surface area (Å²) in [5, 5.41) is 9.60. The van der Waals surface area contributed by atoms with Crippen LogP contribution >= 0.6 is 15.9 Å². The predicted molar refractivity (Wildman–Crippen MR) is 112 cm³/mol. The van der Waals surface area contributed by atoms with Crippen LogP contribution in [0, 0.1) is 5.92 Å². The molecule has 0 radical (unpaired) electrons. The molecule has 2 aliphatic heterocycles. The molecule has 7 nitrogen and oxygen atoms in total. The fourth-order valence-corrected chi connectivity index (χ4v) is 4.73. The normalized spacial score (nSPS) is 22.7. The van der Waals surface area contributed by atoms with Crippen LogP contribution in [0.5, 0.6) is 0 Å². The van der Waals surface area contributed by atoms with Gasteiger partial charge < -0.3 is 20.6 Å². The molecule has 3 N–H and O–H groups in total. The standard InChI is InChI=1S/C21H28BrN3O4/c22-16-5-3-4-14(11-16)10-15-12-18(21(28)29)25(13-15)20(27)17(23)6-7-19(26)24-8-1-2-9-24/h3-5,11,15,17-18H,1-2,6-10,12-13,23H2,(H,28,29)/t15-,17?,18+/m1/s1. The van der Waals surface area contributed by atoms with Gasteiger partial charge in [-0.2, -0.15) is 0 Å². The molecule has 2 heterocycles. The van der Waals surface area contributed by atoms with Gasteiger partial charge in [0.15, 0.2) is 0 Å². The van der Waals surface area contributed by atoms with Gasteiger partial charge in [0.25, 0.3) is 0 Å². The lowest BCUT2D eigenvalue weighted by Crippen LogP contribution is -2.48. The number of aliphatic carboxylic acids is 1. The SMILES string of the molecule is NC(CCC(=O)N1CCCC1)C(=O)N1C[C@H](Cc2cccc(Br)c2)C[C@H]1C(=O)O. The van der Waals surface area contributed by atoms with Gasteiger partial charge in [0.2, 0.25) is 11.8 Å². The Balaban J connectivity index is 1.58. The maximum absolute atomic E-state index is 12.9. The predicted octanol–water partition coefficient (Wildman–Crippen LogP) is 2.02. The van der Waals surface area contributed by atoms with Crippen molar-refractivity contribution in [3.05, 3.63) is 34.3 Å². The molecular formula is C21H28BrN3O4. The highest BCUT2D eigenvalue weighted by atomic mass is 79.9. The summed E-state index contributed by atoms with van der Waals surface area (Å²) in [4.78, 5) is 40.0. The molecular weight excluding hydrogens is 438 g/mol. The summed E-state index contributed by atoms with van der Waals surface area (Å²) in [6.07, 6.45) is 3.62. The van der Waals surface area contributed by atoms with Gasteiger partial charge in [-0.15, -0.1) is 0 Å². The number of likely N-dealkylation sites (tertiary alicyclic amines) is 2. The number of carboxylic acids is 1. The molecule has 2 amide bonds. The van der Waals surface area contributed by atoms with E-state index in [0.717, 1.165) is 36.0 Å². The molecule has 29 heavy (non-hydrogen) atoms. The van der Waals surface area contributed by atoms with Crippen molar-refractivity contribution < 1.29 is 19.5 Å². The smallest absolute Gasteiger partial charge is 0.326 e. The molecule has 0 aromatic heterocycles. The zero-order chi connectivity index (χ0) is 21.0. The summed E-state index contributed by atoms with van der Waals surface area (Å²) < 4.78 is 0.973. The minimum absolute atomic E-state index is 0.0227. The largest absolute Gasteiger partial charge is 0.480 e. The molecule has 0 aliphatic carbocycles. The van der Waals surface area contributed by atoms with Crippen LogP contribution in [0.15, 0.2) is 28.7 Å². The van der Waals surface area contributed by atoms with Gasteiger partial charge in [-0.05, 0) is 55.7 Å². The zero-order valence-electron chi connectivity index (χ0n) is 16.4.